The second-order valence-electron chi connectivity index (χ2n) is 3.33. The smallest absolute Gasteiger partial charge is 0.324 e. The second-order valence-corrected chi connectivity index (χ2v) is 3.33. The molecule has 0 aromatic carbocycles. The van der Waals surface area contributed by atoms with Crippen molar-refractivity contribution in [2.24, 2.45) is 0 Å². The highest BCUT2D eigenvalue weighted by Gasteiger charge is 2.57. The molecule has 1 N–H and O–H groups in total. The first kappa shape index (κ1) is 7.03. The van der Waals surface area contributed by atoms with Gasteiger partial charge in [-0.1, -0.05) is 0 Å². The molecule has 0 radical (unpaired) electrons. The number of hydrogen-bond acceptors (Lipinski definition) is 2. The van der Waals surface area contributed by atoms with Crippen LogP contribution in [0.1, 0.15) is 12.8 Å². The van der Waals surface area contributed by atoms with Gasteiger partial charge in [0.1, 0.15) is 11.7 Å². The summed E-state index contributed by atoms with van der Waals surface area (Å²) in [6.45, 7) is 1.05. The topological polar surface area (TPSA) is 40.5 Å². The predicted octanol–water partition coefficient (Wildman–Crippen LogP) is 0.257. The number of hydrogen-bond donors (Lipinski definition) is 1. The van der Waals surface area contributed by atoms with Crippen LogP contribution in [0.25, 0.3) is 0 Å². The Labute approximate surface area is 63.8 Å². The van der Waals surface area contributed by atoms with Gasteiger partial charge in [-0.25, -0.2) is 4.39 Å². The first-order valence-electron chi connectivity index (χ1n) is 3.78. The van der Waals surface area contributed by atoms with Crippen LogP contribution in [0, 0.1) is 0 Å². The minimum absolute atomic E-state index is 0.183. The minimum Gasteiger partial charge on any atom is -0.480 e. The SMILES string of the molecule is O=C(O)C12CCN1CC(F)C2. The van der Waals surface area contributed by atoms with Crippen molar-refractivity contribution in [2.45, 2.75) is 24.6 Å². The number of aliphatic carboxylic acids is 1. The molecule has 4 heteroatoms. The van der Waals surface area contributed by atoms with Crippen LogP contribution in [0.3, 0.4) is 0 Å². The maximum atomic E-state index is 12.8. The van der Waals surface area contributed by atoms with Crippen LogP contribution in [0.4, 0.5) is 4.39 Å². The number of rotatable bonds is 1. The summed E-state index contributed by atoms with van der Waals surface area (Å²) in [7, 11) is 0. The summed E-state index contributed by atoms with van der Waals surface area (Å²) in [5.41, 5.74) is -0.820. The fourth-order valence-electron chi connectivity index (χ4n) is 2.04. The van der Waals surface area contributed by atoms with Crippen molar-refractivity contribution in [3.63, 3.8) is 0 Å². The van der Waals surface area contributed by atoms with E-state index in [2.05, 4.69) is 0 Å². The molecule has 0 amide bonds. The minimum atomic E-state index is -0.936. The lowest BCUT2D eigenvalue weighted by Crippen LogP contribution is -2.60. The van der Waals surface area contributed by atoms with E-state index in [1.807, 2.05) is 0 Å². The largest absolute Gasteiger partial charge is 0.480 e. The van der Waals surface area contributed by atoms with Gasteiger partial charge in [-0.05, 0) is 6.42 Å². The molecule has 2 saturated heterocycles. The fourth-order valence-corrected chi connectivity index (χ4v) is 2.04. The van der Waals surface area contributed by atoms with Gasteiger partial charge in [0.15, 0.2) is 0 Å². The third kappa shape index (κ3) is 0.730. The third-order valence-corrected chi connectivity index (χ3v) is 2.78. The van der Waals surface area contributed by atoms with E-state index in [1.54, 1.807) is 4.90 Å². The van der Waals surface area contributed by atoms with Crippen molar-refractivity contribution in [1.29, 1.82) is 0 Å². The molecule has 0 aliphatic carbocycles. The average Bonchev–Trinajstić information content (AvgIpc) is 2.11. The summed E-state index contributed by atoms with van der Waals surface area (Å²) in [4.78, 5) is 12.4. The molecule has 2 aliphatic rings. The summed E-state index contributed by atoms with van der Waals surface area (Å²) < 4.78 is 12.8. The van der Waals surface area contributed by atoms with Crippen molar-refractivity contribution in [3.05, 3.63) is 0 Å². The van der Waals surface area contributed by atoms with E-state index in [-0.39, 0.29) is 6.42 Å². The lowest BCUT2D eigenvalue weighted by molar-refractivity contribution is -0.157. The van der Waals surface area contributed by atoms with E-state index in [1.165, 1.54) is 0 Å². The van der Waals surface area contributed by atoms with Crippen molar-refractivity contribution >= 4 is 5.97 Å². The number of nitrogens with zero attached hydrogens (tertiary/aromatic N) is 1. The monoisotopic (exact) mass is 159 g/mol. The van der Waals surface area contributed by atoms with Gasteiger partial charge < -0.3 is 5.11 Å². The Balaban J connectivity index is 2.20. The van der Waals surface area contributed by atoms with Gasteiger partial charge in [0.05, 0.1) is 0 Å². The number of carboxylic acids is 1. The van der Waals surface area contributed by atoms with Crippen LogP contribution in [0.15, 0.2) is 0 Å². The van der Waals surface area contributed by atoms with Gasteiger partial charge >= 0.3 is 5.97 Å². The zero-order valence-electron chi connectivity index (χ0n) is 6.09. The molecule has 0 aromatic rings. The maximum absolute atomic E-state index is 12.8. The third-order valence-electron chi connectivity index (χ3n) is 2.78. The number of fused-ring (bicyclic) bond motifs is 1. The van der Waals surface area contributed by atoms with E-state index in [0.29, 0.717) is 13.0 Å². The number of halogens is 1. The quantitative estimate of drug-likeness (QED) is 0.596. The molecule has 2 atom stereocenters. The zero-order valence-corrected chi connectivity index (χ0v) is 6.09. The van der Waals surface area contributed by atoms with E-state index < -0.39 is 17.7 Å². The fraction of sp³-hybridized carbons (Fsp3) is 0.857. The Morgan fingerprint density at radius 1 is 1.73 bits per heavy atom. The number of alkyl halides is 1. The second kappa shape index (κ2) is 1.94. The van der Waals surface area contributed by atoms with Gasteiger partial charge in [0.2, 0.25) is 0 Å². The van der Waals surface area contributed by atoms with Gasteiger partial charge in [0, 0.05) is 19.5 Å². The molecule has 2 fully saturated rings. The molecular weight excluding hydrogens is 149 g/mol. The normalized spacial score (nSPS) is 43.2. The molecule has 0 saturated carbocycles. The Morgan fingerprint density at radius 3 is 2.73 bits per heavy atom. The molecule has 3 nitrogen and oxygen atoms in total. The molecular formula is C7H10FNO2. The van der Waals surface area contributed by atoms with Crippen LogP contribution >= 0.6 is 0 Å². The highest BCUT2D eigenvalue weighted by Crippen LogP contribution is 2.41. The molecule has 2 heterocycles. The molecule has 62 valence electrons. The van der Waals surface area contributed by atoms with Gasteiger partial charge in [-0.2, -0.15) is 0 Å². The van der Waals surface area contributed by atoms with Crippen molar-refractivity contribution < 1.29 is 14.3 Å². The highest BCUT2D eigenvalue weighted by atomic mass is 19.1. The summed E-state index contributed by atoms with van der Waals surface area (Å²) in [6, 6.07) is 0. The van der Waals surface area contributed by atoms with E-state index in [0.717, 1.165) is 6.54 Å². The van der Waals surface area contributed by atoms with Crippen molar-refractivity contribution in [1.82, 2.24) is 4.90 Å². The molecule has 0 bridgehead atoms. The van der Waals surface area contributed by atoms with E-state index in [9.17, 15) is 9.18 Å². The zero-order chi connectivity index (χ0) is 8.06. The highest BCUT2D eigenvalue weighted by molar-refractivity contribution is 5.80. The number of carbonyl (C=O) groups is 1. The maximum Gasteiger partial charge on any atom is 0.324 e. The summed E-state index contributed by atoms with van der Waals surface area (Å²) in [6.07, 6.45) is -0.140. The lowest BCUT2D eigenvalue weighted by Gasteiger charge is -2.43. The molecule has 2 unspecified atom stereocenters. The number of carboxylic acid groups (broad SMARTS) is 1. The van der Waals surface area contributed by atoms with E-state index >= 15 is 0 Å². The van der Waals surface area contributed by atoms with Gasteiger partial charge in [0.25, 0.3) is 0 Å². The Bertz CT molecular complexity index is 209. The molecule has 0 spiro atoms. The molecule has 2 aliphatic heterocycles. The predicted molar refractivity (Wildman–Crippen MR) is 36.1 cm³/mol. The van der Waals surface area contributed by atoms with Crippen molar-refractivity contribution in [3.8, 4) is 0 Å². The summed E-state index contributed by atoms with van der Waals surface area (Å²) >= 11 is 0. The molecule has 11 heavy (non-hydrogen) atoms. The molecule has 2 rings (SSSR count). The average molecular weight is 159 g/mol. The van der Waals surface area contributed by atoms with Crippen LogP contribution in [0.2, 0.25) is 0 Å². The van der Waals surface area contributed by atoms with Crippen molar-refractivity contribution in [2.75, 3.05) is 13.1 Å². The van der Waals surface area contributed by atoms with E-state index in [4.69, 9.17) is 5.11 Å². The first-order chi connectivity index (χ1) is 5.15. The van der Waals surface area contributed by atoms with Gasteiger partial charge in [-0.3, -0.25) is 9.69 Å². The first-order valence-corrected chi connectivity index (χ1v) is 3.78. The summed E-state index contributed by atoms with van der Waals surface area (Å²) in [5.74, 6) is -0.858. The molecule has 0 aromatic heterocycles. The van der Waals surface area contributed by atoms with Crippen LogP contribution in [-0.2, 0) is 4.79 Å². The van der Waals surface area contributed by atoms with Crippen LogP contribution in [-0.4, -0.2) is 40.8 Å². The lowest BCUT2D eigenvalue weighted by atomic mass is 9.85. The van der Waals surface area contributed by atoms with Gasteiger partial charge in [-0.15, -0.1) is 0 Å². The van der Waals surface area contributed by atoms with Crippen LogP contribution < -0.4 is 0 Å². The Morgan fingerprint density at radius 2 is 2.45 bits per heavy atom. The Kier molecular flexibility index (Phi) is 1.24. The Hall–Kier alpha value is -0.640. The van der Waals surface area contributed by atoms with Crippen LogP contribution in [0.5, 0.6) is 0 Å². The standard InChI is InChI=1S/C7H10FNO2/c8-5-3-7(6(10)11)1-2-9(7)4-5/h5H,1-4H2,(H,10,11). The summed E-state index contributed by atoms with van der Waals surface area (Å²) in [5, 5.41) is 8.80.